The highest BCUT2D eigenvalue weighted by atomic mass is 16.5. The molecule has 1 amide bonds. The molecule has 0 saturated heterocycles. The number of fused-ring (bicyclic) bond motifs is 2. The van der Waals surface area contributed by atoms with E-state index < -0.39 is 0 Å². The first-order chi connectivity index (χ1) is 15.7. The Morgan fingerprint density at radius 2 is 1.56 bits per heavy atom. The van der Waals surface area contributed by atoms with Gasteiger partial charge in [0.15, 0.2) is 11.5 Å². The molecule has 5 heteroatoms. The molecule has 0 bridgehead atoms. The van der Waals surface area contributed by atoms with E-state index in [9.17, 15) is 4.79 Å². The average Bonchev–Trinajstić information content (AvgIpc) is 3.28. The van der Waals surface area contributed by atoms with E-state index in [1.54, 1.807) is 14.2 Å². The fraction of sp³-hybridized carbons (Fsp3) is 0.296. The van der Waals surface area contributed by atoms with Crippen LogP contribution in [-0.4, -0.2) is 44.7 Å². The van der Waals surface area contributed by atoms with Crippen LogP contribution >= 0.6 is 0 Å². The van der Waals surface area contributed by atoms with Crippen molar-refractivity contribution < 1.29 is 14.3 Å². The number of ether oxygens (including phenoxy) is 2. The number of nitrogens with zero attached hydrogens (tertiary/aromatic N) is 2. The summed E-state index contributed by atoms with van der Waals surface area (Å²) in [6, 6.07) is 22.8. The summed E-state index contributed by atoms with van der Waals surface area (Å²) in [5, 5.41) is 0. The van der Waals surface area contributed by atoms with Gasteiger partial charge in [-0.2, -0.15) is 0 Å². The SMILES string of the molecule is COc1cc2c(cc1OC)C(c1ccccc1)N(CC(=O)N1CCc3ccccc31)CC2. The molecule has 164 valence electrons. The van der Waals surface area contributed by atoms with E-state index in [1.807, 2.05) is 23.1 Å². The number of rotatable bonds is 5. The second kappa shape index (κ2) is 8.67. The Labute approximate surface area is 189 Å². The summed E-state index contributed by atoms with van der Waals surface area (Å²) >= 11 is 0. The lowest BCUT2D eigenvalue weighted by Gasteiger charge is -2.38. The molecule has 3 aromatic rings. The molecular formula is C27H28N2O3. The maximum Gasteiger partial charge on any atom is 0.241 e. The Morgan fingerprint density at radius 3 is 2.34 bits per heavy atom. The fourth-order valence-electron chi connectivity index (χ4n) is 5.05. The maximum absolute atomic E-state index is 13.4. The van der Waals surface area contributed by atoms with E-state index >= 15 is 0 Å². The van der Waals surface area contributed by atoms with Crippen LogP contribution in [0.3, 0.4) is 0 Å². The molecule has 5 nitrogen and oxygen atoms in total. The van der Waals surface area contributed by atoms with E-state index in [4.69, 9.17) is 9.47 Å². The first-order valence-electron chi connectivity index (χ1n) is 11.1. The molecule has 0 saturated carbocycles. The monoisotopic (exact) mass is 428 g/mol. The summed E-state index contributed by atoms with van der Waals surface area (Å²) < 4.78 is 11.1. The molecule has 1 unspecified atom stereocenters. The second-order valence-corrected chi connectivity index (χ2v) is 8.36. The molecule has 0 aromatic heterocycles. The van der Waals surface area contributed by atoms with E-state index in [1.165, 1.54) is 22.3 Å². The van der Waals surface area contributed by atoms with Crippen molar-refractivity contribution in [1.82, 2.24) is 4.90 Å². The molecule has 2 aliphatic rings. The Kier molecular flexibility index (Phi) is 5.58. The normalized spacial score (nSPS) is 17.6. The van der Waals surface area contributed by atoms with Crippen molar-refractivity contribution in [3.8, 4) is 11.5 Å². The van der Waals surface area contributed by atoms with Crippen LogP contribution in [0.2, 0.25) is 0 Å². The molecular weight excluding hydrogens is 400 g/mol. The van der Waals surface area contributed by atoms with Gasteiger partial charge in [0.1, 0.15) is 0 Å². The smallest absolute Gasteiger partial charge is 0.241 e. The number of benzene rings is 3. The Morgan fingerprint density at radius 1 is 0.875 bits per heavy atom. The minimum absolute atomic E-state index is 0.0125. The minimum atomic E-state index is -0.0125. The van der Waals surface area contributed by atoms with Gasteiger partial charge < -0.3 is 14.4 Å². The first-order valence-corrected chi connectivity index (χ1v) is 11.1. The average molecular weight is 429 g/mol. The summed E-state index contributed by atoms with van der Waals surface area (Å²) in [6.45, 7) is 1.94. The van der Waals surface area contributed by atoms with E-state index in [0.29, 0.717) is 12.3 Å². The van der Waals surface area contributed by atoms with Gasteiger partial charge in [-0.05, 0) is 53.3 Å². The molecule has 3 aromatic carbocycles. The van der Waals surface area contributed by atoms with Crippen LogP contribution in [0.5, 0.6) is 11.5 Å². The zero-order valence-electron chi connectivity index (χ0n) is 18.6. The lowest BCUT2D eigenvalue weighted by molar-refractivity contribution is -0.120. The van der Waals surface area contributed by atoms with E-state index in [0.717, 1.165) is 37.4 Å². The zero-order chi connectivity index (χ0) is 22.1. The van der Waals surface area contributed by atoms with Gasteiger partial charge in [0, 0.05) is 18.8 Å². The molecule has 0 spiro atoms. The molecule has 0 fully saturated rings. The zero-order valence-corrected chi connectivity index (χ0v) is 18.6. The van der Waals surface area contributed by atoms with Crippen LogP contribution in [0.25, 0.3) is 0 Å². The number of hydrogen-bond acceptors (Lipinski definition) is 4. The van der Waals surface area contributed by atoms with E-state index in [-0.39, 0.29) is 11.9 Å². The number of anilines is 1. The Bertz CT molecular complexity index is 1130. The molecule has 0 N–H and O–H groups in total. The molecule has 32 heavy (non-hydrogen) atoms. The molecule has 0 aliphatic carbocycles. The minimum Gasteiger partial charge on any atom is -0.493 e. The van der Waals surface area contributed by atoms with Crippen LogP contribution in [0.15, 0.2) is 66.7 Å². The van der Waals surface area contributed by atoms with Crippen molar-refractivity contribution in [2.45, 2.75) is 18.9 Å². The van der Waals surface area contributed by atoms with Crippen LogP contribution in [0, 0.1) is 0 Å². The summed E-state index contributed by atoms with van der Waals surface area (Å²) in [4.78, 5) is 17.7. The van der Waals surface area contributed by atoms with Crippen molar-refractivity contribution in [2.75, 3.05) is 38.8 Å². The number of para-hydroxylation sites is 1. The summed E-state index contributed by atoms with van der Waals surface area (Å²) in [5.41, 5.74) is 5.90. The van der Waals surface area contributed by atoms with Crippen molar-refractivity contribution in [2.24, 2.45) is 0 Å². The molecule has 5 rings (SSSR count). The molecule has 2 heterocycles. The van der Waals surface area contributed by atoms with Crippen molar-refractivity contribution >= 4 is 11.6 Å². The van der Waals surface area contributed by atoms with Gasteiger partial charge in [-0.1, -0.05) is 48.5 Å². The summed E-state index contributed by atoms with van der Waals surface area (Å²) in [7, 11) is 3.33. The van der Waals surface area contributed by atoms with Gasteiger partial charge in [-0.25, -0.2) is 0 Å². The van der Waals surface area contributed by atoms with Gasteiger partial charge in [-0.15, -0.1) is 0 Å². The Balaban J connectivity index is 1.49. The van der Waals surface area contributed by atoms with Crippen LogP contribution in [0.1, 0.15) is 28.3 Å². The highest BCUT2D eigenvalue weighted by Crippen LogP contribution is 2.41. The molecule has 0 radical (unpaired) electrons. The lowest BCUT2D eigenvalue weighted by Crippen LogP contribution is -2.44. The number of carbonyl (C=O) groups excluding carboxylic acids is 1. The topological polar surface area (TPSA) is 42.0 Å². The number of hydrogen-bond donors (Lipinski definition) is 0. The summed E-state index contributed by atoms with van der Waals surface area (Å²) in [6.07, 6.45) is 1.78. The van der Waals surface area contributed by atoms with E-state index in [2.05, 4.69) is 53.4 Å². The van der Waals surface area contributed by atoms with Gasteiger partial charge in [0.2, 0.25) is 5.91 Å². The van der Waals surface area contributed by atoms with Crippen LogP contribution in [-0.2, 0) is 17.6 Å². The third kappa shape index (κ3) is 3.63. The van der Waals surface area contributed by atoms with Crippen molar-refractivity contribution in [3.63, 3.8) is 0 Å². The molecule has 1 atom stereocenters. The van der Waals surface area contributed by atoms with Gasteiger partial charge >= 0.3 is 0 Å². The number of methoxy groups -OCH3 is 2. The van der Waals surface area contributed by atoms with Gasteiger partial charge in [-0.3, -0.25) is 9.69 Å². The lowest BCUT2D eigenvalue weighted by atomic mass is 9.87. The summed E-state index contributed by atoms with van der Waals surface area (Å²) in [5.74, 6) is 1.62. The Hall–Kier alpha value is -3.31. The third-order valence-corrected chi connectivity index (χ3v) is 6.62. The second-order valence-electron chi connectivity index (χ2n) is 8.36. The van der Waals surface area contributed by atoms with Gasteiger partial charge in [0.05, 0.1) is 26.8 Å². The highest BCUT2D eigenvalue weighted by molar-refractivity contribution is 5.96. The number of amides is 1. The third-order valence-electron chi connectivity index (χ3n) is 6.62. The number of carbonyl (C=O) groups is 1. The van der Waals surface area contributed by atoms with Gasteiger partial charge in [0.25, 0.3) is 0 Å². The first kappa shape index (κ1) is 20.6. The standard InChI is InChI=1S/C27H28N2O3/c1-31-24-16-21-12-14-28(18-26(30)29-15-13-19-8-6-7-11-23(19)29)27(20-9-4-3-5-10-20)22(21)17-25(24)32-2/h3-11,16-17,27H,12-15,18H2,1-2H3. The molecule has 2 aliphatic heterocycles. The maximum atomic E-state index is 13.4. The fourth-order valence-corrected chi connectivity index (χ4v) is 5.05. The van der Waals surface area contributed by atoms with Crippen molar-refractivity contribution in [1.29, 1.82) is 0 Å². The van der Waals surface area contributed by atoms with Crippen LogP contribution in [0.4, 0.5) is 5.69 Å². The highest BCUT2D eigenvalue weighted by Gasteiger charge is 2.33. The quantitative estimate of drug-likeness (QED) is 0.610. The van der Waals surface area contributed by atoms with Crippen LogP contribution < -0.4 is 14.4 Å². The largest absolute Gasteiger partial charge is 0.493 e. The van der Waals surface area contributed by atoms with Crippen molar-refractivity contribution in [3.05, 3.63) is 89.0 Å². The predicted molar refractivity (Wildman–Crippen MR) is 126 cm³/mol. The predicted octanol–water partition coefficient (Wildman–Crippen LogP) is 4.24.